The molecule has 6 heteroatoms. The molecule has 1 amide bonds. The molecule has 0 unspecified atom stereocenters. The fourth-order valence-corrected chi connectivity index (χ4v) is 3.36. The Hall–Kier alpha value is -0.750. The second-order valence-corrected chi connectivity index (χ2v) is 7.50. The predicted octanol–water partition coefficient (Wildman–Crippen LogP) is 1.81. The van der Waals surface area contributed by atoms with Crippen molar-refractivity contribution in [1.82, 2.24) is 15.1 Å². The molecule has 0 atom stereocenters. The first-order valence-electron chi connectivity index (χ1n) is 8.29. The van der Waals surface area contributed by atoms with E-state index in [1.165, 1.54) is 0 Å². The van der Waals surface area contributed by atoms with Gasteiger partial charge in [0.15, 0.2) is 0 Å². The van der Waals surface area contributed by atoms with Crippen LogP contribution in [0.4, 0.5) is 8.78 Å². The summed E-state index contributed by atoms with van der Waals surface area (Å²) in [7, 11) is 2.04. The molecule has 2 aliphatic rings. The van der Waals surface area contributed by atoms with Crippen LogP contribution in [0.15, 0.2) is 0 Å². The number of carbonyl (C=O) groups excluding carboxylic acids is 1. The zero-order chi connectivity index (χ0) is 16.4. The van der Waals surface area contributed by atoms with Gasteiger partial charge >= 0.3 is 0 Å². The topological polar surface area (TPSA) is 35.6 Å². The number of carbonyl (C=O) groups is 1. The van der Waals surface area contributed by atoms with Crippen LogP contribution < -0.4 is 5.32 Å². The molecule has 2 heterocycles. The smallest absolute Gasteiger partial charge is 0.261 e. The second-order valence-electron chi connectivity index (χ2n) is 7.50. The van der Waals surface area contributed by atoms with Crippen LogP contribution >= 0.6 is 0 Å². The largest absolute Gasteiger partial charge is 0.355 e. The van der Waals surface area contributed by atoms with E-state index in [4.69, 9.17) is 0 Å². The molecular weight excluding hydrogens is 288 g/mol. The molecule has 0 aromatic rings. The first kappa shape index (κ1) is 17.6. The third-order valence-electron chi connectivity index (χ3n) is 4.87. The van der Waals surface area contributed by atoms with E-state index in [1.807, 2.05) is 7.05 Å². The number of likely N-dealkylation sites (tertiary alicyclic amines) is 2. The molecule has 4 nitrogen and oxygen atoms in total. The second kappa shape index (κ2) is 6.79. The first-order chi connectivity index (χ1) is 10.2. The number of nitrogens with one attached hydrogen (secondary N) is 1. The molecule has 2 fully saturated rings. The Balaban J connectivity index is 2.03. The van der Waals surface area contributed by atoms with Crippen LogP contribution in [-0.2, 0) is 4.79 Å². The van der Waals surface area contributed by atoms with Gasteiger partial charge in [-0.15, -0.1) is 0 Å². The van der Waals surface area contributed by atoms with Gasteiger partial charge in [-0.3, -0.25) is 9.69 Å². The number of halogens is 2. The number of amides is 1. The van der Waals surface area contributed by atoms with Crippen molar-refractivity contribution in [3.63, 3.8) is 0 Å². The average Bonchev–Trinajstić information content (AvgIpc) is 2.78. The van der Waals surface area contributed by atoms with Gasteiger partial charge in [0.25, 0.3) is 5.92 Å². The summed E-state index contributed by atoms with van der Waals surface area (Å²) in [6.07, 6.45) is 1.40. The highest BCUT2D eigenvalue weighted by Crippen LogP contribution is 2.36. The molecule has 0 aromatic carbocycles. The summed E-state index contributed by atoms with van der Waals surface area (Å²) >= 11 is 0. The molecule has 0 spiro atoms. The molecule has 0 radical (unpaired) electrons. The van der Waals surface area contributed by atoms with Crippen molar-refractivity contribution >= 4 is 5.91 Å². The molecule has 0 aromatic heterocycles. The standard InChI is InChI=1S/C16H29F2N3O/c1-13(2)10-19-14(22)15(4-7-20(3)8-5-15)11-21-9-6-16(17,18)12-21/h13H,4-12H2,1-3H3,(H,19,22). The van der Waals surface area contributed by atoms with Crippen LogP contribution in [0.2, 0.25) is 0 Å². The van der Waals surface area contributed by atoms with Crippen LogP contribution in [0.3, 0.4) is 0 Å². The van der Waals surface area contributed by atoms with Crippen molar-refractivity contribution in [3.05, 3.63) is 0 Å². The number of hydrogen-bond donors (Lipinski definition) is 1. The van der Waals surface area contributed by atoms with E-state index in [2.05, 4.69) is 24.1 Å². The molecule has 2 rings (SSSR count). The maximum absolute atomic E-state index is 13.4. The van der Waals surface area contributed by atoms with Gasteiger partial charge in [0, 0.05) is 26.1 Å². The van der Waals surface area contributed by atoms with Crippen molar-refractivity contribution in [2.24, 2.45) is 11.3 Å². The lowest BCUT2D eigenvalue weighted by molar-refractivity contribution is -0.135. The number of alkyl halides is 2. The van der Waals surface area contributed by atoms with E-state index in [9.17, 15) is 13.6 Å². The Morgan fingerprint density at radius 1 is 1.18 bits per heavy atom. The van der Waals surface area contributed by atoms with Gasteiger partial charge in [0.05, 0.1) is 12.0 Å². The van der Waals surface area contributed by atoms with Crippen LogP contribution in [0.1, 0.15) is 33.1 Å². The van der Waals surface area contributed by atoms with E-state index >= 15 is 0 Å². The van der Waals surface area contributed by atoms with Crippen LogP contribution in [0.5, 0.6) is 0 Å². The summed E-state index contributed by atoms with van der Waals surface area (Å²) in [5.74, 6) is -2.16. The van der Waals surface area contributed by atoms with Gasteiger partial charge in [0.1, 0.15) is 0 Å². The minimum absolute atomic E-state index is 0.0458. The normalized spacial score (nSPS) is 25.5. The Kier molecular flexibility index (Phi) is 5.43. The maximum atomic E-state index is 13.4. The van der Waals surface area contributed by atoms with Crippen molar-refractivity contribution in [2.45, 2.75) is 39.0 Å². The van der Waals surface area contributed by atoms with E-state index in [1.54, 1.807) is 4.90 Å². The zero-order valence-corrected chi connectivity index (χ0v) is 14.0. The number of nitrogens with zero attached hydrogens (tertiary/aromatic N) is 2. The lowest BCUT2D eigenvalue weighted by Crippen LogP contribution is -2.54. The SMILES string of the molecule is CC(C)CNC(=O)C1(CN2CCC(F)(F)C2)CCN(C)CC1. The number of rotatable bonds is 5. The highest BCUT2D eigenvalue weighted by molar-refractivity contribution is 5.83. The minimum Gasteiger partial charge on any atom is -0.355 e. The van der Waals surface area contributed by atoms with E-state index < -0.39 is 11.3 Å². The maximum Gasteiger partial charge on any atom is 0.261 e. The predicted molar refractivity (Wildman–Crippen MR) is 83.0 cm³/mol. The molecule has 0 saturated carbocycles. The molecular formula is C16H29F2N3O. The van der Waals surface area contributed by atoms with Crippen LogP contribution in [0.25, 0.3) is 0 Å². The quantitative estimate of drug-likeness (QED) is 0.840. The molecule has 22 heavy (non-hydrogen) atoms. The third kappa shape index (κ3) is 4.38. The summed E-state index contributed by atoms with van der Waals surface area (Å²) < 4.78 is 26.9. The summed E-state index contributed by atoms with van der Waals surface area (Å²) in [5.41, 5.74) is -0.512. The highest BCUT2D eigenvalue weighted by atomic mass is 19.3. The molecule has 0 aliphatic carbocycles. The van der Waals surface area contributed by atoms with Gasteiger partial charge in [-0.2, -0.15) is 0 Å². The third-order valence-corrected chi connectivity index (χ3v) is 4.87. The van der Waals surface area contributed by atoms with Crippen molar-refractivity contribution in [2.75, 3.05) is 46.3 Å². The van der Waals surface area contributed by atoms with Gasteiger partial charge in [0.2, 0.25) is 5.91 Å². The van der Waals surface area contributed by atoms with Gasteiger partial charge < -0.3 is 10.2 Å². The van der Waals surface area contributed by atoms with Crippen LogP contribution in [-0.4, -0.2) is 67.9 Å². The summed E-state index contributed by atoms with van der Waals surface area (Å²) in [6.45, 7) is 7.10. The lowest BCUT2D eigenvalue weighted by Gasteiger charge is -2.41. The van der Waals surface area contributed by atoms with Gasteiger partial charge in [-0.1, -0.05) is 13.8 Å². The van der Waals surface area contributed by atoms with E-state index in [0.717, 1.165) is 25.9 Å². The fraction of sp³-hybridized carbons (Fsp3) is 0.938. The number of hydrogen-bond acceptors (Lipinski definition) is 3. The fourth-order valence-electron chi connectivity index (χ4n) is 3.36. The van der Waals surface area contributed by atoms with Crippen molar-refractivity contribution in [1.29, 1.82) is 0 Å². The van der Waals surface area contributed by atoms with Gasteiger partial charge in [-0.05, 0) is 38.9 Å². The highest BCUT2D eigenvalue weighted by Gasteiger charge is 2.46. The first-order valence-corrected chi connectivity index (χ1v) is 8.29. The van der Waals surface area contributed by atoms with Crippen LogP contribution in [0, 0.1) is 11.3 Å². The van der Waals surface area contributed by atoms with Crippen molar-refractivity contribution in [3.8, 4) is 0 Å². The van der Waals surface area contributed by atoms with E-state index in [0.29, 0.717) is 25.6 Å². The summed E-state index contributed by atoms with van der Waals surface area (Å²) in [5, 5.41) is 3.03. The molecule has 1 N–H and O–H groups in total. The zero-order valence-electron chi connectivity index (χ0n) is 14.0. The monoisotopic (exact) mass is 317 g/mol. The average molecular weight is 317 g/mol. The molecule has 128 valence electrons. The Morgan fingerprint density at radius 3 is 2.32 bits per heavy atom. The number of piperidine rings is 1. The minimum atomic E-state index is -2.60. The Bertz CT molecular complexity index is 393. The lowest BCUT2D eigenvalue weighted by atomic mass is 9.77. The summed E-state index contributed by atoms with van der Waals surface area (Å²) in [6, 6.07) is 0. The van der Waals surface area contributed by atoms with Crippen molar-refractivity contribution < 1.29 is 13.6 Å². The Labute approximate surface area is 132 Å². The Morgan fingerprint density at radius 2 is 1.82 bits per heavy atom. The molecule has 0 bridgehead atoms. The molecule has 2 aliphatic heterocycles. The summed E-state index contributed by atoms with van der Waals surface area (Å²) in [4.78, 5) is 16.7. The van der Waals surface area contributed by atoms with Gasteiger partial charge in [-0.25, -0.2) is 8.78 Å². The molecule has 2 saturated heterocycles. The van der Waals surface area contributed by atoms with E-state index in [-0.39, 0.29) is 18.9 Å².